The van der Waals surface area contributed by atoms with Crippen molar-refractivity contribution < 1.29 is 18.0 Å². The Morgan fingerprint density at radius 1 is 1.24 bits per heavy atom. The normalized spacial score (nSPS) is 33.1. The van der Waals surface area contributed by atoms with Gasteiger partial charge in [0.05, 0.1) is 16.9 Å². The van der Waals surface area contributed by atoms with Gasteiger partial charge in [-0.05, 0) is 32.1 Å². The van der Waals surface area contributed by atoms with E-state index in [1.54, 1.807) is 4.90 Å². The Balaban J connectivity index is 1.63. The Bertz CT molecular complexity index is 545. The molecule has 3 fully saturated rings. The molecule has 3 saturated heterocycles. The van der Waals surface area contributed by atoms with Crippen molar-refractivity contribution in [3.63, 3.8) is 0 Å². The predicted molar refractivity (Wildman–Crippen MR) is 77.3 cm³/mol. The van der Waals surface area contributed by atoms with E-state index in [0.717, 1.165) is 25.8 Å². The summed E-state index contributed by atoms with van der Waals surface area (Å²) in [4.78, 5) is 26.4. The fraction of sp³-hybridized carbons (Fsp3) is 0.857. The molecule has 0 bridgehead atoms. The maximum atomic E-state index is 12.5. The highest BCUT2D eigenvalue weighted by Gasteiger charge is 2.47. The molecule has 3 heterocycles. The molecule has 1 N–H and O–H groups in total. The molecule has 1 spiro atoms. The average Bonchev–Trinajstić information content (AvgIpc) is 2.87. The van der Waals surface area contributed by atoms with E-state index in [0.29, 0.717) is 25.9 Å². The monoisotopic (exact) mass is 314 g/mol. The molecule has 0 saturated carbocycles. The number of hydrogen-bond acceptors (Lipinski definition) is 4. The summed E-state index contributed by atoms with van der Waals surface area (Å²) in [6, 6.07) is 0. The summed E-state index contributed by atoms with van der Waals surface area (Å²) in [6.45, 7) is 1.85. The van der Waals surface area contributed by atoms with Crippen LogP contribution < -0.4 is 5.32 Å². The largest absolute Gasteiger partial charge is 0.356 e. The lowest BCUT2D eigenvalue weighted by atomic mass is 9.79. The van der Waals surface area contributed by atoms with Crippen molar-refractivity contribution in [1.29, 1.82) is 0 Å². The number of hydrogen-bond donors (Lipinski definition) is 1. The van der Waals surface area contributed by atoms with Gasteiger partial charge in [0.15, 0.2) is 0 Å². The first kappa shape index (κ1) is 14.8. The quantitative estimate of drug-likeness (QED) is 0.735. The molecular weight excluding hydrogens is 292 g/mol. The van der Waals surface area contributed by atoms with Crippen LogP contribution in [0, 0.1) is 11.3 Å². The molecule has 0 aromatic heterocycles. The number of likely N-dealkylation sites (tertiary alicyclic amines) is 1. The third kappa shape index (κ3) is 2.80. The molecule has 3 aliphatic heterocycles. The topological polar surface area (TPSA) is 83.6 Å². The van der Waals surface area contributed by atoms with E-state index in [-0.39, 0.29) is 29.2 Å². The summed E-state index contributed by atoms with van der Waals surface area (Å²) in [5.41, 5.74) is -0.394. The van der Waals surface area contributed by atoms with E-state index < -0.39 is 15.3 Å². The van der Waals surface area contributed by atoms with E-state index in [1.807, 2.05) is 0 Å². The van der Waals surface area contributed by atoms with Crippen molar-refractivity contribution in [2.45, 2.75) is 32.1 Å². The highest BCUT2D eigenvalue weighted by molar-refractivity contribution is 7.91. The Labute approximate surface area is 125 Å². The van der Waals surface area contributed by atoms with Crippen LogP contribution in [0.1, 0.15) is 32.1 Å². The fourth-order valence-electron chi connectivity index (χ4n) is 3.77. The number of nitrogens with zero attached hydrogens (tertiary/aromatic N) is 1. The first-order valence-electron chi connectivity index (χ1n) is 7.69. The minimum absolute atomic E-state index is 0.0418. The van der Waals surface area contributed by atoms with Gasteiger partial charge < -0.3 is 10.2 Å². The number of nitrogens with one attached hydrogen (secondary N) is 1. The number of carbonyl (C=O) groups is 2. The van der Waals surface area contributed by atoms with Gasteiger partial charge in [-0.3, -0.25) is 9.59 Å². The third-order valence-electron chi connectivity index (χ3n) is 5.17. The van der Waals surface area contributed by atoms with Crippen molar-refractivity contribution in [3.05, 3.63) is 0 Å². The average molecular weight is 314 g/mol. The van der Waals surface area contributed by atoms with Gasteiger partial charge in [0.2, 0.25) is 11.8 Å². The van der Waals surface area contributed by atoms with Gasteiger partial charge in [-0.25, -0.2) is 8.42 Å². The summed E-state index contributed by atoms with van der Waals surface area (Å²) in [5.74, 6) is 0.164. The molecule has 21 heavy (non-hydrogen) atoms. The summed E-state index contributed by atoms with van der Waals surface area (Å²) in [7, 11) is -2.94. The standard InChI is InChI=1S/C14H22N2O4S/c17-12(11-2-8-21(19,20)9-3-11)16-7-5-14(10-16)4-1-6-15-13(14)18/h11H,1-10H2,(H,15,18)/t14-/m0/s1. The van der Waals surface area contributed by atoms with Gasteiger partial charge in [0, 0.05) is 25.6 Å². The predicted octanol–water partition coefficient (Wildman–Crippen LogP) is -0.0601. The molecule has 0 aromatic carbocycles. The Morgan fingerprint density at radius 3 is 2.62 bits per heavy atom. The SMILES string of the molecule is O=C(C1CCS(=O)(=O)CC1)N1CC[C@@]2(CCCNC2=O)C1. The van der Waals surface area contributed by atoms with Gasteiger partial charge in [0.25, 0.3) is 0 Å². The maximum Gasteiger partial charge on any atom is 0.228 e. The fourth-order valence-corrected chi connectivity index (χ4v) is 5.27. The van der Waals surface area contributed by atoms with Crippen LogP contribution in [-0.2, 0) is 19.4 Å². The summed E-state index contributed by atoms with van der Waals surface area (Å²) < 4.78 is 22.9. The van der Waals surface area contributed by atoms with Crippen LogP contribution in [0.25, 0.3) is 0 Å². The van der Waals surface area contributed by atoms with Gasteiger partial charge in [0.1, 0.15) is 9.84 Å². The smallest absolute Gasteiger partial charge is 0.228 e. The van der Waals surface area contributed by atoms with Gasteiger partial charge >= 0.3 is 0 Å². The lowest BCUT2D eigenvalue weighted by molar-refractivity contribution is -0.137. The van der Waals surface area contributed by atoms with E-state index >= 15 is 0 Å². The van der Waals surface area contributed by atoms with Crippen molar-refractivity contribution in [3.8, 4) is 0 Å². The Kier molecular flexibility index (Phi) is 3.71. The lowest BCUT2D eigenvalue weighted by Crippen LogP contribution is -2.48. The second-order valence-corrected chi connectivity index (χ2v) is 8.88. The number of amides is 2. The summed E-state index contributed by atoms with van der Waals surface area (Å²) in [5, 5.41) is 2.91. The van der Waals surface area contributed by atoms with Crippen LogP contribution >= 0.6 is 0 Å². The number of rotatable bonds is 1. The number of piperidine rings is 1. The summed E-state index contributed by atoms with van der Waals surface area (Å²) in [6.07, 6.45) is 3.40. The van der Waals surface area contributed by atoms with Gasteiger partial charge in [-0.1, -0.05) is 0 Å². The Hall–Kier alpha value is -1.11. The first-order valence-corrected chi connectivity index (χ1v) is 9.52. The zero-order valence-electron chi connectivity index (χ0n) is 12.1. The van der Waals surface area contributed by atoms with Crippen molar-refractivity contribution in [1.82, 2.24) is 10.2 Å². The highest BCUT2D eigenvalue weighted by atomic mass is 32.2. The van der Waals surface area contributed by atoms with Crippen molar-refractivity contribution in [2.75, 3.05) is 31.1 Å². The molecule has 3 rings (SSSR count). The minimum Gasteiger partial charge on any atom is -0.356 e. The third-order valence-corrected chi connectivity index (χ3v) is 6.88. The first-order chi connectivity index (χ1) is 9.92. The molecule has 118 valence electrons. The molecule has 0 aliphatic carbocycles. The minimum atomic E-state index is -2.94. The molecule has 2 amide bonds. The summed E-state index contributed by atoms with van der Waals surface area (Å²) >= 11 is 0. The second-order valence-electron chi connectivity index (χ2n) is 6.58. The molecule has 6 nitrogen and oxygen atoms in total. The molecule has 1 atom stereocenters. The molecule has 0 aromatic rings. The van der Waals surface area contributed by atoms with E-state index in [2.05, 4.69) is 5.32 Å². The maximum absolute atomic E-state index is 12.5. The van der Waals surface area contributed by atoms with Gasteiger partial charge in [-0.2, -0.15) is 0 Å². The van der Waals surface area contributed by atoms with Crippen LogP contribution in [0.3, 0.4) is 0 Å². The molecule has 0 radical (unpaired) electrons. The molecule has 3 aliphatic rings. The molecule has 7 heteroatoms. The van der Waals surface area contributed by atoms with Crippen LogP contribution in [0.5, 0.6) is 0 Å². The van der Waals surface area contributed by atoms with E-state index in [1.165, 1.54) is 0 Å². The van der Waals surface area contributed by atoms with E-state index in [9.17, 15) is 18.0 Å². The van der Waals surface area contributed by atoms with E-state index in [4.69, 9.17) is 0 Å². The second kappa shape index (κ2) is 5.26. The van der Waals surface area contributed by atoms with Crippen LogP contribution in [0.2, 0.25) is 0 Å². The Morgan fingerprint density at radius 2 is 1.95 bits per heavy atom. The zero-order chi connectivity index (χ0) is 15.1. The van der Waals surface area contributed by atoms with Crippen molar-refractivity contribution in [2.24, 2.45) is 11.3 Å². The highest BCUT2D eigenvalue weighted by Crippen LogP contribution is 2.38. The van der Waals surface area contributed by atoms with Crippen LogP contribution in [0.15, 0.2) is 0 Å². The number of sulfone groups is 1. The molecular formula is C14H22N2O4S. The number of carbonyl (C=O) groups excluding carboxylic acids is 2. The van der Waals surface area contributed by atoms with Crippen LogP contribution in [-0.4, -0.2) is 56.3 Å². The van der Waals surface area contributed by atoms with Crippen molar-refractivity contribution >= 4 is 21.7 Å². The van der Waals surface area contributed by atoms with Gasteiger partial charge in [-0.15, -0.1) is 0 Å². The lowest BCUT2D eigenvalue weighted by Gasteiger charge is -2.33. The molecule has 0 unspecified atom stereocenters. The van der Waals surface area contributed by atoms with Crippen LogP contribution in [0.4, 0.5) is 0 Å². The zero-order valence-corrected chi connectivity index (χ0v) is 13.0.